The van der Waals surface area contributed by atoms with Crippen LogP contribution in [0.3, 0.4) is 0 Å². The predicted octanol–water partition coefficient (Wildman–Crippen LogP) is 2.30. The van der Waals surface area contributed by atoms with Crippen molar-refractivity contribution in [2.75, 3.05) is 20.2 Å². The number of rotatable bonds is 8. The lowest BCUT2D eigenvalue weighted by molar-refractivity contribution is -0.121. The van der Waals surface area contributed by atoms with Crippen molar-refractivity contribution >= 4 is 5.91 Å². The van der Waals surface area contributed by atoms with Crippen molar-refractivity contribution in [3.05, 3.63) is 29.8 Å². The normalized spacial score (nSPS) is 13.6. The van der Waals surface area contributed by atoms with E-state index in [1.54, 1.807) is 7.11 Å². The molecule has 0 spiro atoms. The fourth-order valence-electron chi connectivity index (χ4n) is 2.10. The molecule has 1 rings (SSSR count). The summed E-state index contributed by atoms with van der Waals surface area (Å²) in [6, 6.07) is 8.18. The van der Waals surface area contributed by atoms with E-state index in [1.165, 1.54) is 0 Å². The lowest BCUT2D eigenvalue weighted by atomic mass is 9.97. The monoisotopic (exact) mass is 278 g/mol. The van der Waals surface area contributed by atoms with Crippen LogP contribution in [0.15, 0.2) is 24.3 Å². The van der Waals surface area contributed by atoms with E-state index in [2.05, 4.69) is 31.4 Å². The van der Waals surface area contributed by atoms with E-state index in [-0.39, 0.29) is 11.8 Å². The van der Waals surface area contributed by atoms with E-state index in [4.69, 9.17) is 4.74 Å². The van der Waals surface area contributed by atoms with Gasteiger partial charge in [-0.3, -0.25) is 4.79 Å². The van der Waals surface area contributed by atoms with Gasteiger partial charge in [-0.1, -0.05) is 26.0 Å². The predicted molar refractivity (Wildman–Crippen MR) is 82.2 cm³/mol. The summed E-state index contributed by atoms with van der Waals surface area (Å²) in [5, 5.41) is 6.23. The van der Waals surface area contributed by atoms with Gasteiger partial charge in [-0.05, 0) is 37.1 Å². The minimum Gasteiger partial charge on any atom is -0.497 e. The molecule has 2 N–H and O–H groups in total. The van der Waals surface area contributed by atoms with Crippen LogP contribution in [0.25, 0.3) is 0 Å². The summed E-state index contributed by atoms with van der Waals surface area (Å²) in [5.41, 5.74) is 1.12. The molecular formula is C16H26N2O2. The van der Waals surface area contributed by atoms with Crippen molar-refractivity contribution in [3.63, 3.8) is 0 Å². The Balaban J connectivity index is 2.44. The minimum absolute atomic E-state index is 0.0880. The number of carbonyl (C=O) groups excluding carboxylic acids is 1. The van der Waals surface area contributed by atoms with E-state index in [1.807, 2.05) is 24.3 Å². The fraction of sp³-hybridized carbons (Fsp3) is 0.562. The van der Waals surface area contributed by atoms with Gasteiger partial charge in [0.25, 0.3) is 0 Å². The van der Waals surface area contributed by atoms with Crippen molar-refractivity contribution in [1.82, 2.24) is 10.6 Å². The summed E-state index contributed by atoms with van der Waals surface area (Å²) < 4.78 is 5.21. The molecule has 0 aliphatic rings. The van der Waals surface area contributed by atoms with Gasteiger partial charge in [0.05, 0.1) is 7.11 Å². The van der Waals surface area contributed by atoms with Gasteiger partial charge < -0.3 is 15.4 Å². The molecular weight excluding hydrogens is 252 g/mol. The number of benzene rings is 1. The zero-order valence-electron chi connectivity index (χ0n) is 12.9. The van der Waals surface area contributed by atoms with Crippen LogP contribution < -0.4 is 15.4 Å². The van der Waals surface area contributed by atoms with Gasteiger partial charge in [0.2, 0.25) is 5.91 Å². The van der Waals surface area contributed by atoms with Crippen molar-refractivity contribution in [3.8, 4) is 5.75 Å². The standard InChI is InChI=1S/C16H26N2O2/c1-5-17-13(3)11-18-16(19)9-12(2)14-7-6-8-15(10-14)20-4/h6-8,10,12-13,17H,5,9,11H2,1-4H3,(H,18,19)/t12?,13-/m1/s1. The maximum Gasteiger partial charge on any atom is 0.220 e. The number of amides is 1. The molecule has 2 atom stereocenters. The fourth-order valence-corrected chi connectivity index (χ4v) is 2.10. The lowest BCUT2D eigenvalue weighted by Crippen LogP contribution is -2.39. The quantitative estimate of drug-likeness (QED) is 0.767. The van der Waals surface area contributed by atoms with E-state index in [0.29, 0.717) is 19.0 Å². The zero-order valence-corrected chi connectivity index (χ0v) is 12.9. The van der Waals surface area contributed by atoms with Crippen molar-refractivity contribution < 1.29 is 9.53 Å². The van der Waals surface area contributed by atoms with Crippen molar-refractivity contribution in [2.45, 2.75) is 39.2 Å². The first-order valence-corrected chi connectivity index (χ1v) is 7.20. The number of hydrogen-bond acceptors (Lipinski definition) is 3. The number of likely N-dealkylation sites (N-methyl/N-ethyl adjacent to an activating group) is 1. The first-order valence-electron chi connectivity index (χ1n) is 7.20. The molecule has 0 saturated heterocycles. The molecule has 0 fully saturated rings. The van der Waals surface area contributed by atoms with Gasteiger partial charge in [-0.15, -0.1) is 0 Å². The van der Waals surface area contributed by atoms with Crippen LogP contribution in [0.4, 0.5) is 0 Å². The maximum absolute atomic E-state index is 11.9. The van der Waals surface area contributed by atoms with Crippen LogP contribution in [0.5, 0.6) is 5.75 Å². The lowest BCUT2D eigenvalue weighted by Gasteiger charge is -2.16. The maximum atomic E-state index is 11.9. The van der Waals surface area contributed by atoms with E-state index >= 15 is 0 Å². The molecule has 1 aromatic carbocycles. The van der Waals surface area contributed by atoms with Crippen LogP contribution in [0.1, 0.15) is 38.7 Å². The van der Waals surface area contributed by atoms with Crippen LogP contribution in [0, 0.1) is 0 Å². The number of hydrogen-bond donors (Lipinski definition) is 2. The van der Waals surface area contributed by atoms with Crippen molar-refractivity contribution in [1.29, 1.82) is 0 Å². The highest BCUT2D eigenvalue weighted by Crippen LogP contribution is 2.22. The van der Waals surface area contributed by atoms with E-state index in [9.17, 15) is 4.79 Å². The highest BCUT2D eigenvalue weighted by molar-refractivity contribution is 5.76. The molecule has 4 heteroatoms. The highest BCUT2D eigenvalue weighted by atomic mass is 16.5. The Labute approximate surface area is 121 Å². The smallest absolute Gasteiger partial charge is 0.220 e. The molecule has 0 radical (unpaired) electrons. The molecule has 1 amide bonds. The molecule has 0 bridgehead atoms. The van der Waals surface area contributed by atoms with Crippen LogP contribution in [0.2, 0.25) is 0 Å². The van der Waals surface area contributed by atoms with Crippen LogP contribution in [-0.4, -0.2) is 32.1 Å². The average molecular weight is 278 g/mol. The van der Waals surface area contributed by atoms with Crippen LogP contribution in [-0.2, 0) is 4.79 Å². The number of carbonyl (C=O) groups is 1. The molecule has 4 nitrogen and oxygen atoms in total. The molecule has 1 unspecified atom stereocenters. The molecule has 0 aliphatic heterocycles. The third kappa shape index (κ3) is 5.61. The Kier molecular flexibility index (Phi) is 7.09. The third-order valence-corrected chi connectivity index (χ3v) is 3.31. The Morgan fingerprint density at radius 2 is 2.10 bits per heavy atom. The Morgan fingerprint density at radius 3 is 2.75 bits per heavy atom. The first kappa shape index (κ1) is 16.5. The topological polar surface area (TPSA) is 50.4 Å². The Hall–Kier alpha value is -1.55. The summed E-state index contributed by atoms with van der Waals surface area (Å²) in [6.07, 6.45) is 0.492. The Morgan fingerprint density at radius 1 is 1.35 bits per heavy atom. The number of methoxy groups -OCH3 is 1. The van der Waals surface area contributed by atoms with E-state index < -0.39 is 0 Å². The second-order valence-electron chi connectivity index (χ2n) is 5.14. The van der Waals surface area contributed by atoms with E-state index in [0.717, 1.165) is 17.9 Å². The molecule has 0 aromatic heterocycles. The Bertz CT molecular complexity index is 421. The van der Waals surface area contributed by atoms with Crippen molar-refractivity contribution in [2.24, 2.45) is 0 Å². The summed E-state index contributed by atoms with van der Waals surface area (Å²) in [6.45, 7) is 7.76. The average Bonchev–Trinajstić information content (AvgIpc) is 2.45. The van der Waals surface area contributed by atoms with Gasteiger partial charge in [0.15, 0.2) is 0 Å². The summed E-state index contributed by atoms with van der Waals surface area (Å²) in [5.74, 6) is 1.10. The summed E-state index contributed by atoms with van der Waals surface area (Å²) in [4.78, 5) is 11.9. The molecule has 0 aliphatic carbocycles. The molecule has 0 heterocycles. The highest BCUT2D eigenvalue weighted by Gasteiger charge is 2.12. The first-order chi connectivity index (χ1) is 9.56. The molecule has 1 aromatic rings. The van der Waals surface area contributed by atoms with Gasteiger partial charge in [-0.2, -0.15) is 0 Å². The number of ether oxygens (including phenoxy) is 1. The molecule has 112 valence electrons. The van der Waals surface area contributed by atoms with Gasteiger partial charge in [0.1, 0.15) is 5.75 Å². The third-order valence-electron chi connectivity index (χ3n) is 3.31. The SMILES string of the molecule is CCN[C@H](C)CNC(=O)CC(C)c1cccc(OC)c1. The van der Waals surface area contributed by atoms with Crippen LogP contribution >= 0.6 is 0 Å². The largest absolute Gasteiger partial charge is 0.497 e. The van der Waals surface area contributed by atoms with Gasteiger partial charge >= 0.3 is 0 Å². The second kappa shape index (κ2) is 8.59. The van der Waals surface area contributed by atoms with Gasteiger partial charge in [0, 0.05) is 19.0 Å². The zero-order chi connectivity index (χ0) is 15.0. The minimum atomic E-state index is 0.0880. The summed E-state index contributed by atoms with van der Waals surface area (Å²) >= 11 is 0. The molecule has 20 heavy (non-hydrogen) atoms. The second-order valence-corrected chi connectivity index (χ2v) is 5.14. The molecule has 0 saturated carbocycles. The number of nitrogens with one attached hydrogen (secondary N) is 2. The summed E-state index contributed by atoms with van der Waals surface area (Å²) in [7, 11) is 1.65. The van der Waals surface area contributed by atoms with Gasteiger partial charge in [-0.25, -0.2) is 0 Å².